The summed E-state index contributed by atoms with van der Waals surface area (Å²) in [6.45, 7) is 0.499. The van der Waals surface area contributed by atoms with Crippen LogP contribution in [0.2, 0.25) is 0 Å². The third kappa shape index (κ3) is 6.84. The Morgan fingerprint density at radius 2 is 1.76 bits per heavy atom. The van der Waals surface area contributed by atoms with Crippen LogP contribution in [0.5, 0.6) is 0 Å². The smallest absolute Gasteiger partial charge is 0.383 e. The van der Waals surface area contributed by atoms with Gasteiger partial charge in [-0.25, -0.2) is 13.1 Å². The summed E-state index contributed by atoms with van der Waals surface area (Å²) in [7, 11) is -2.32. The number of hydrogen-bond donors (Lipinski definition) is 2. The standard InChI is InChI=1S/C19H21F3N2O4S/c1-28-12-11-24-29(26,27)17-4-2-3-15(13-17)18(25)23-10-9-14-5-7-16(8-6-14)19(20,21)22/h2-8,13,24H,9-12H2,1H3,(H,23,25). The average molecular weight is 430 g/mol. The first-order chi connectivity index (χ1) is 13.6. The number of methoxy groups -OCH3 is 1. The van der Waals surface area contributed by atoms with Crippen molar-refractivity contribution >= 4 is 15.9 Å². The summed E-state index contributed by atoms with van der Waals surface area (Å²) in [6.07, 6.45) is -4.06. The zero-order chi connectivity index (χ0) is 21.5. The van der Waals surface area contributed by atoms with Crippen LogP contribution in [0.15, 0.2) is 53.4 Å². The summed E-state index contributed by atoms with van der Waals surface area (Å²) in [4.78, 5) is 12.2. The van der Waals surface area contributed by atoms with Crippen LogP contribution in [-0.4, -0.2) is 41.1 Å². The molecule has 1 amide bonds. The molecule has 0 aliphatic carbocycles. The van der Waals surface area contributed by atoms with Gasteiger partial charge in [0.2, 0.25) is 10.0 Å². The second-order valence-corrected chi connectivity index (χ2v) is 7.89. The van der Waals surface area contributed by atoms with Crippen molar-refractivity contribution in [2.45, 2.75) is 17.5 Å². The number of carbonyl (C=O) groups excluding carboxylic acids is 1. The van der Waals surface area contributed by atoms with E-state index in [2.05, 4.69) is 10.0 Å². The Bertz CT molecular complexity index is 929. The number of ether oxygens (including phenoxy) is 1. The van der Waals surface area contributed by atoms with Crippen LogP contribution < -0.4 is 10.0 Å². The first-order valence-electron chi connectivity index (χ1n) is 8.66. The van der Waals surface area contributed by atoms with Gasteiger partial charge in [0.15, 0.2) is 0 Å². The minimum absolute atomic E-state index is 0.0519. The first kappa shape index (κ1) is 22.9. The van der Waals surface area contributed by atoms with Crippen LogP contribution in [0.25, 0.3) is 0 Å². The monoisotopic (exact) mass is 430 g/mol. The van der Waals surface area contributed by atoms with Crippen molar-refractivity contribution in [3.8, 4) is 0 Å². The normalized spacial score (nSPS) is 12.0. The lowest BCUT2D eigenvalue weighted by Gasteiger charge is -2.10. The van der Waals surface area contributed by atoms with Gasteiger partial charge in [0.05, 0.1) is 17.1 Å². The van der Waals surface area contributed by atoms with Crippen molar-refractivity contribution < 1.29 is 31.1 Å². The predicted octanol–water partition coefficient (Wildman–Crippen LogP) is 2.60. The number of rotatable bonds is 9. The summed E-state index contributed by atoms with van der Waals surface area (Å²) >= 11 is 0. The lowest BCUT2D eigenvalue weighted by atomic mass is 10.1. The number of sulfonamides is 1. The fraction of sp³-hybridized carbons (Fsp3) is 0.316. The van der Waals surface area contributed by atoms with E-state index in [4.69, 9.17) is 4.74 Å². The second kappa shape index (κ2) is 9.86. The summed E-state index contributed by atoms with van der Waals surface area (Å²) in [5, 5.41) is 2.63. The molecule has 0 aliphatic rings. The predicted molar refractivity (Wildman–Crippen MR) is 101 cm³/mol. The topological polar surface area (TPSA) is 84.5 Å². The van der Waals surface area contributed by atoms with Gasteiger partial charge in [-0.15, -0.1) is 0 Å². The molecule has 0 saturated carbocycles. The number of carbonyl (C=O) groups is 1. The summed E-state index contributed by atoms with van der Waals surface area (Å²) in [6, 6.07) is 10.2. The number of nitrogens with one attached hydrogen (secondary N) is 2. The molecule has 2 aromatic rings. The van der Waals surface area contributed by atoms with E-state index >= 15 is 0 Å². The van der Waals surface area contributed by atoms with Crippen LogP contribution in [0.4, 0.5) is 13.2 Å². The molecular weight excluding hydrogens is 409 g/mol. The molecule has 0 saturated heterocycles. The van der Waals surface area contributed by atoms with Gasteiger partial charge in [0, 0.05) is 25.8 Å². The number of amides is 1. The maximum atomic E-state index is 12.6. The van der Waals surface area contributed by atoms with E-state index in [1.54, 1.807) is 0 Å². The van der Waals surface area contributed by atoms with Crippen molar-refractivity contribution in [3.63, 3.8) is 0 Å². The quantitative estimate of drug-likeness (QED) is 0.599. The van der Waals surface area contributed by atoms with Crippen LogP contribution in [0, 0.1) is 0 Å². The molecule has 0 fully saturated rings. The van der Waals surface area contributed by atoms with Crippen molar-refractivity contribution in [2.75, 3.05) is 26.8 Å². The Hall–Kier alpha value is -2.43. The lowest BCUT2D eigenvalue weighted by molar-refractivity contribution is -0.137. The summed E-state index contributed by atoms with van der Waals surface area (Å²) < 4.78 is 69.2. The number of benzene rings is 2. The zero-order valence-corrected chi connectivity index (χ0v) is 16.4. The van der Waals surface area contributed by atoms with Gasteiger partial charge in [0.1, 0.15) is 0 Å². The molecule has 0 heterocycles. The molecule has 0 unspecified atom stereocenters. The first-order valence-corrected chi connectivity index (χ1v) is 10.1. The van der Waals surface area contributed by atoms with Crippen molar-refractivity contribution in [3.05, 3.63) is 65.2 Å². The van der Waals surface area contributed by atoms with E-state index in [-0.39, 0.29) is 30.2 Å². The minimum atomic E-state index is -4.39. The molecule has 2 N–H and O–H groups in total. The maximum Gasteiger partial charge on any atom is 0.416 e. The fourth-order valence-electron chi connectivity index (χ4n) is 2.45. The highest BCUT2D eigenvalue weighted by atomic mass is 32.2. The van der Waals surface area contributed by atoms with E-state index in [1.165, 1.54) is 43.5 Å². The molecule has 0 spiro atoms. The molecule has 0 aliphatic heterocycles. The van der Waals surface area contributed by atoms with Crippen LogP contribution in [0.1, 0.15) is 21.5 Å². The van der Waals surface area contributed by atoms with Gasteiger partial charge in [-0.05, 0) is 42.3 Å². The van der Waals surface area contributed by atoms with Crippen molar-refractivity contribution in [1.82, 2.24) is 10.0 Å². The number of hydrogen-bond acceptors (Lipinski definition) is 4. The molecule has 158 valence electrons. The Morgan fingerprint density at radius 1 is 1.07 bits per heavy atom. The molecule has 0 radical (unpaired) electrons. The molecular formula is C19H21F3N2O4S. The van der Waals surface area contributed by atoms with Gasteiger partial charge in [0.25, 0.3) is 5.91 Å². The fourth-order valence-corrected chi connectivity index (χ4v) is 3.51. The van der Waals surface area contributed by atoms with E-state index in [9.17, 15) is 26.4 Å². The van der Waals surface area contributed by atoms with Crippen molar-refractivity contribution in [2.24, 2.45) is 0 Å². The van der Waals surface area contributed by atoms with Gasteiger partial charge in [-0.1, -0.05) is 18.2 Å². The average Bonchev–Trinajstić information content (AvgIpc) is 2.68. The van der Waals surface area contributed by atoms with Crippen LogP contribution >= 0.6 is 0 Å². The van der Waals surface area contributed by atoms with Crippen LogP contribution in [-0.2, 0) is 27.4 Å². The van der Waals surface area contributed by atoms with E-state index in [0.717, 1.165) is 12.1 Å². The summed E-state index contributed by atoms with van der Waals surface area (Å²) in [5.41, 5.74) is 0.0615. The number of alkyl halides is 3. The molecule has 0 atom stereocenters. The minimum Gasteiger partial charge on any atom is -0.383 e. The van der Waals surface area contributed by atoms with Gasteiger partial charge in [-0.2, -0.15) is 13.2 Å². The second-order valence-electron chi connectivity index (χ2n) is 6.12. The molecule has 0 aromatic heterocycles. The Labute approximate surface area is 167 Å². The molecule has 2 rings (SSSR count). The van der Waals surface area contributed by atoms with E-state index in [0.29, 0.717) is 12.0 Å². The highest BCUT2D eigenvalue weighted by Gasteiger charge is 2.29. The molecule has 0 bridgehead atoms. The van der Waals surface area contributed by atoms with Crippen LogP contribution in [0.3, 0.4) is 0 Å². The lowest BCUT2D eigenvalue weighted by Crippen LogP contribution is -2.28. The third-order valence-corrected chi connectivity index (χ3v) is 5.44. The Balaban J connectivity index is 1.94. The highest BCUT2D eigenvalue weighted by molar-refractivity contribution is 7.89. The van der Waals surface area contributed by atoms with Gasteiger partial charge in [-0.3, -0.25) is 4.79 Å². The molecule has 29 heavy (non-hydrogen) atoms. The maximum absolute atomic E-state index is 12.6. The number of halogens is 3. The van der Waals surface area contributed by atoms with Gasteiger partial charge >= 0.3 is 6.18 Å². The zero-order valence-electron chi connectivity index (χ0n) is 15.6. The third-order valence-electron chi connectivity index (χ3n) is 3.99. The molecule has 6 nitrogen and oxygen atoms in total. The Kier molecular flexibility index (Phi) is 7.77. The SMILES string of the molecule is COCCNS(=O)(=O)c1cccc(C(=O)NCCc2ccc(C(F)(F)F)cc2)c1. The molecule has 2 aromatic carbocycles. The Morgan fingerprint density at radius 3 is 2.38 bits per heavy atom. The molecule has 10 heteroatoms. The highest BCUT2D eigenvalue weighted by Crippen LogP contribution is 2.29. The summed E-state index contributed by atoms with van der Waals surface area (Å²) in [5.74, 6) is -0.481. The van der Waals surface area contributed by atoms with E-state index in [1.807, 2.05) is 0 Å². The van der Waals surface area contributed by atoms with Gasteiger partial charge < -0.3 is 10.1 Å². The van der Waals surface area contributed by atoms with Crippen molar-refractivity contribution in [1.29, 1.82) is 0 Å². The van der Waals surface area contributed by atoms with E-state index < -0.39 is 27.7 Å². The largest absolute Gasteiger partial charge is 0.416 e.